The van der Waals surface area contributed by atoms with Crippen molar-refractivity contribution in [3.05, 3.63) is 12.2 Å². The molecule has 10 atom stereocenters. The Morgan fingerprint density at radius 2 is 1.49 bits per heavy atom. The number of unbranched alkanes of at least 4 members (excludes halogenated alkanes) is 6. The molecule has 246 valence electrons. The highest BCUT2D eigenvalue weighted by molar-refractivity contribution is 5.69. The standard InChI is InChI=1S/C40H68O3/c1-9-10-11-12-13-14-15-16-34(42)43-33-21-22-37(6)31(36(33,4)5)20-23-39(8)32(37)18-17-30-35-29(28(2)3)19-24-40(35,27-41)26-25-38(30,39)7/h29-33,35,41H,2,9-27H2,1,3-8H3/t29-,30?,31?,32?,33-,35?,37-,38+,39+,40+/m0/s1. The Labute approximate surface area is 265 Å². The molecule has 0 heterocycles. The maximum absolute atomic E-state index is 13.0. The maximum Gasteiger partial charge on any atom is 0.306 e. The first-order valence-corrected chi connectivity index (χ1v) is 18.8. The first-order valence-electron chi connectivity index (χ1n) is 18.8. The van der Waals surface area contributed by atoms with E-state index in [2.05, 4.69) is 55.0 Å². The lowest BCUT2D eigenvalue weighted by molar-refractivity contribution is -0.251. The van der Waals surface area contributed by atoms with Crippen LogP contribution in [-0.2, 0) is 9.53 Å². The van der Waals surface area contributed by atoms with E-state index in [9.17, 15) is 9.90 Å². The number of aliphatic hydroxyl groups is 1. The lowest BCUT2D eigenvalue weighted by Crippen LogP contribution is -2.67. The van der Waals surface area contributed by atoms with E-state index in [0.29, 0.717) is 52.9 Å². The van der Waals surface area contributed by atoms with Crippen LogP contribution in [0.15, 0.2) is 12.2 Å². The highest BCUT2D eigenvalue weighted by Gasteiger charge is 2.71. The summed E-state index contributed by atoms with van der Waals surface area (Å²) < 4.78 is 6.35. The predicted octanol–water partition coefficient (Wildman–Crippen LogP) is 10.7. The first-order chi connectivity index (χ1) is 20.3. The van der Waals surface area contributed by atoms with Gasteiger partial charge in [0, 0.05) is 18.4 Å². The van der Waals surface area contributed by atoms with E-state index in [1.54, 1.807) is 0 Å². The maximum atomic E-state index is 13.0. The van der Waals surface area contributed by atoms with Gasteiger partial charge in [-0.1, -0.05) is 92.2 Å². The topological polar surface area (TPSA) is 46.5 Å². The summed E-state index contributed by atoms with van der Waals surface area (Å²) in [4.78, 5) is 13.0. The summed E-state index contributed by atoms with van der Waals surface area (Å²) >= 11 is 0. The number of rotatable bonds is 11. The minimum absolute atomic E-state index is 0.0109. The summed E-state index contributed by atoms with van der Waals surface area (Å²) in [5, 5.41) is 10.8. The van der Waals surface area contributed by atoms with Gasteiger partial charge < -0.3 is 9.84 Å². The van der Waals surface area contributed by atoms with Crippen LogP contribution < -0.4 is 0 Å². The van der Waals surface area contributed by atoms with E-state index in [0.717, 1.165) is 25.2 Å². The Bertz CT molecular complexity index is 1020. The summed E-state index contributed by atoms with van der Waals surface area (Å²) in [6, 6.07) is 0. The average molecular weight is 597 g/mol. The summed E-state index contributed by atoms with van der Waals surface area (Å²) in [7, 11) is 0. The molecule has 0 amide bonds. The van der Waals surface area contributed by atoms with Gasteiger partial charge in [0.25, 0.3) is 0 Å². The zero-order valence-corrected chi connectivity index (χ0v) is 29.4. The van der Waals surface area contributed by atoms with E-state index < -0.39 is 0 Å². The van der Waals surface area contributed by atoms with Gasteiger partial charge in [-0.25, -0.2) is 0 Å². The van der Waals surface area contributed by atoms with Crippen LogP contribution in [0.4, 0.5) is 0 Å². The van der Waals surface area contributed by atoms with Gasteiger partial charge in [-0.15, -0.1) is 0 Å². The molecule has 3 heteroatoms. The molecule has 0 aromatic carbocycles. The van der Waals surface area contributed by atoms with Gasteiger partial charge in [-0.2, -0.15) is 0 Å². The van der Waals surface area contributed by atoms with Crippen LogP contribution in [0.5, 0.6) is 0 Å². The van der Waals surface area contributed by atoms with E-state index in [1.165, 1.54) is 95.5 Å². The predicted molar refractivity (Wildman–Crippen MR) is 179 cm³/mol. The molecule has 0 saturated heterocycles. The number of carbonyl (C=O) groups is 1. The number of aliphatic hydroxyl groups excluding tert-OH is 1. The van der Waals surface area contributed by atoms with Crippen LogP contribution in [0.2, 0.25) is 0 Å². The van der Waals surface area contributed by atoms with E-state index in [4.69, 9.17) is 4.74 Å². The molecule has 1 N–H and O–H groups in total. The Kier molecular flexibility index (Phi) is 9.68. The van der Waals surface area contributed by atoms with Crippen molar-refractivity contribution in [1.82, 2.24) is 0 Å². The summed E-state index contributed by atoms with van der Waals surface area (Å²) in [6.45, 7) is 22.3. The largest absolute Gasteiger partial charge is 0.462 e. The third kappa shape index (κ3) is 5.40. The number of hydrogen-bond acceptors (Lipinski definition) is 3. The first kappa shape index (κ1) is 33.5. The molecule has 5 aliphatic carbocycles. The fraction of sp³-hybridized carbons (Fsp3) is 0.925. The van der Waals surface area contributed by atoms with Crippen molar-refractivity contribution in [1.29, 1.82) is 0 Å². The second-order valence-corrected chi connectivity index (χ2v) is 17.9. The van der Waals surface area contributed by atoms with Crippen LogP contribution in [-0.4, -0.2) is 23.8 Å². The average Bonchev–Trinajstić information content (AvgIpc) is 3.35. The minimum Gasteiger partial charge on any atom is -0.462 e. The Balaban J connectivity index is 1.29. The highest BCUT2D eigenvalue weighted by Crippen LogP contribution is 2.77. The molecule has 5 rings (SSSR count). The molecule has 43 heavy (non-hydrogen) atoms. The van der Waals surface area contributed by atoms with Gasteiger partial charge >= 0.3 is 5.97 Å². The molecule has 5 saturated carbocycles. The summed E-state index contributed by atoms with van der Waals surface area (Å²) in [5.74, 6) is 3.22. The zero-order valence-electron chi connectivity index (χ0n) is 29.4. The van der Waals surface area contributed by atoms with Gasteiger partial charge in [-0.05, 0) is 129 Å². The molecular formula is C40H68O3. The molecule has 0 radical (unpaired) electrons. The summed E-state index contributed by atoms with van der Waals surface area (Å²) in [5.41, 5.74) is 2.42. The molecule has 0 spiro atoms. The van der Waals surface area contributed by atoms with E-state index >= 15 is 0 Å². The molecule has 3 nitrogen and oxygen atoms in total. The number of allylic oxidation sites excluding steroid dienone is 1. The minimum atomic E-state index is 0.0109. The van der Waals surface area contributed by atoms with Gasteiger partial charge in [0.15, 0.2) is 0 Å². The lowest BCUT2D eigenvalue weighted by Gasteiger charge is -2.73. The van der Waals surface area contributed by atoms with Gasteiger partial charge in [0.05, 0.1) is 0 Å². The monoisotopic (exact) mass is 597 g/mol. The quantitative estimate of drug-likeness (QED) is 0.147. The molecule has 5 aliphatic rings. The van der Waals surface area contributed by atoms with Gasteiger partial charge in [0.2, 0.25) is 0 Å². The van der Waals surface area contributed by atoms with Crippen molar-refractivity contribution < 1.29 is 14.6 Å². The molecule has 0 aliphatic heterocycles. The SMILES string of the molecule is C=C(C)[C@@H]1CC[C@]2(CO)CC[C@]3(C)C(CCC4[C@@]5(C)CC[C@H](OC(=O)CCCCCCCCC)C(C)(C)C5CC[C@]43C)C12. The van der Waals surface area contributed by atoms with E-state index in [-0.39, 0.29) is 22.9 Å². The second kappa shape index (κ2) is 12.4. The third-order valence-electron chi connectivity index (χ3n) is 15.8. The Hall–Kier alpha value is -0.830. The molecule has 5 fully saturated rings. The van der Waals surface area contributed by atoms with Gasteiger partial charge in [0.1, 0.15) is 6.10 Å². The van der Waals surface area contributed by atoms with E-state index in [1.807, 2.05) is 0 Å². The van der Waals surface area contributed by atoms with Crippen molar-refractivity contribution in [3.8, 4) is 0 Å². The van der Waals surface area contributed by atoms with Crippen molar-refractivity contribution in [2.24, 2.45) is 56.7 Å². The molecule has 0 aromatic heterocycles. The molecule has 0 aromatic rings. The van der Waals surface area contributed by atoms with Crippen molar-refractivity contribution in [3.63, 3.8) is 0 Å². The smallest absolute Gasteiger partial charge is 0.306 e. The highest BCUT2D eigenvalue weighted by atomic mass is 16.5. The summed E-state index contributed by atoms with van der Waals surface area (Å²) in [6.07, 6.45) is 21.5. The number of hydrogen-bond donors (Lipinski definition) is 1. The van der Waals surface area contributed by atoms with Crippen LogP contribution in [0.3, 0.4) is 0 Å². The van der Waals surface area contributed by atoms with Crippen molar-refractivity contribution >= 4 is 5.97 Å². The normalized spacial score (nSPS) is 44.9. The second-order valence-electron chi connectivity index (χ2n) is 17.9. The number of esters is 1. The fourth-order valence-corrected chi connectivity index (χ4v) is 13.2. The van der Waals surface area contributed by atoms with Crippen molar-refractivity contribution in [2.45, 2.75) is 170 Å². The number of carbonyl (C=O) groups excluding carboxylic acids is 1. The number of fused-ring (bicyclic) bond motifs is 7. The molecule has 4 unspecified atom stereocenters. The number of ether oxygens (including phenoxy) is 1. The van der Waals surface area contributed by atoms with Crippen molar-refractivity contribution in [2.75, 3.05) is 6.61 Å². The Morgan fingerprint density at radius 3 is 2.16 bits per heavy atom. The van der Waals surface area contributed by atoms with Crippen LogP contribution in [0.1, 0.15) is 164 Å². The van der Waals surface area contributed by atoms with Crippen LogP contribution >= 0.6 is 0 Å². The van der Waals surface area contributed by atoms with Crippen LogP contribution in [0.25, 0.3) is 0 Å². The lowest BCUT2D eigenvalue weighted by atomic mass is 9.32. The fourth-order valence-electron chi connectivity index (χ4n) is 13.2. The molecule has 0 bridgehead atoms. The third-order valence-corrected chi connectivity index (χ3v) is 15.8. The zero-order chi connectivity index (χ0) is 31.3. The molecular weight excluding hydrogens is 528 g/mol. The van der Waals surface area contributed by atoms with Crippen LogP contribution in [0, 0.1) is 56.7 Å². The Morgan fingerprint density at radius 1 is 0.791 bits per heavy atom. The van der Waals surface area contributed by atoms with Gasteiger partial charge in [-0.3, -0.25) is 4.79 Å².